The highest BCUT2D eigenvalue weighted by molar-refractivity contribution is 9.10. The third-order valence-corrected chi connectivity index (χ3v) is 3.01. The number of hydrogen-bond acceptors (Lipinski definition) is 1. The van der Waals surface area contributed by atoms with E-state index in [9.17, 15) is 13.2 Å². The Morgan fingerprint density at radius 2 is 2.00 bits per heavy atom. The predicted molar refractivity (Wildman–Crippen MR) is 61.5 cm³/mol. The summed E-state index contributed by atoms with van der Waals surface area (Å²) in [5, 5.41) is 0.448. The van der Waals surface area contributed by atoms with Gasteiger partial charge in [0.1, 0.15) is 6.04 Å². The zero-order valence-electron chi connectivity index (χ0n) is 8.19. The smallest absolute Gasteiger partial charge is 0.320 e. The van der Waals surface area contributed by atoms with Crippen LogP contribution in [0.5, 0.6) is 0 Å². The molecular weight excluding hydrogens is 306 g/mol. The zero-order chi connectivity index (χ0) is 12.3. The average Bonchev–Trinajstić information content (AvgIpc) is 2.14. The molecule has 0 amide bonds. The molecule has 2 N–H and O–H groups in total. The van der Waals surface area contributed by atoms with Crippen molar-refractivity contribution in [3.63, 3.8) is 0 Å². The Kier molecular flexibility index (Phi) is 4.64. The first-order chi connectivity index (χ1) is 7.30. The molecule has 1 unspecified atom stereocenters. The van der Waals surface area contributed by atoms with Crippen LogP contribution in [0.1, 0.15) is 12.0 Å². The van der Waals surface area contributed by atoms with Crippen LogP contribution in [0.15, 0.2) is 22.7 Å². The summed E-state index contributed by atoms with van der Waals surface area (Å²) in [5.74, 6) is 0. The molecule has 1 aromatic rings. The summed E-state index contributed by atoms with van der Waals surface area (Å²) < 4.78 is 37.2. The maximum atomic E-state index is 12.2. The van der Waals surface area contributed by atoms with Gasteiger partial charge in [-0.3, -0.25) is 0 Å². The summed E-state index contributed by atoms with van der Waals surface area (Å²) in [6, 6.07) is 3.28. The van der Waals surface area contributed by atoms with Gasteiger partial charge >= 0.3 is 6.18 Å². The maximum absolute atomic E-state index is 12.2. The fourth-order valence-electron chi connectivity index (χ4n) is 1.20. The van der Waals surface area contributed by atoms with Crippen molar-refractivity contribution in [1.82, 2.24) is 0 Å². The minimum absolute atomic E-state index is 0.162. The fraction of sp³-hybridized carbons (Fsp3) is 0.400. The van der Waals surface area contributed by atoms with Crippen LogP contribution in [0.3, 0.4) is 0 Å². The molecule has 1 atom stereocenters. The first-order valence-electron chi connectivity index (χ1n) is 4.57. The van der Waals surface area contributed by atoms with Crippen LogP contribution in [-0.4, -0.2) is 12.2 Å². The molecule has 0 saturated carbocycles. The molecule has 0 fully saturated rings. The van der Waals surface area contributed by atoms with Crippen LogP contribution in [0.4, 0.5) is 13.2 Å². The molecule has 0 aliphatic heterocycles. The number of rotatable bonds is 3. The van der Waals surface area contributed by atoms with Crippen LogP contribution < -0.4 is 5.73 Å². The van der Waals surface area contributed by atoms with E-state index in [0.29, 0.717) is 10.6 Å². The molecule has 0 bridgehead atoms. The molecule has 0 spiro atoms. The van der Waals surface area contributed by atoms with Gasteiger partial charge in [0.2, 0.25) is 0 Å². The van der Waals surface area contributed by atoms with Gasteiger partial charge in [0, 0.05) is 9.50 Å². The van der Waals surface area contributed by atoms with Gasteiger partial charge in [0.15, 0.2) is 0 Å². The average molecular weight is 317 g/mol. The van der Waals surface area contributed by atoms with Crippen molar-refractivity contribution in [1.29, 1.82) is 0 Å². The third kappa shape index (κ3) is 3.96. The summed E-state index contributed by atoms with van der Waals surface area (Å²) in [4.78, 5) is 0. The monoisotopic (exact) mass is 315 g/mol. The molecule has 0 saturated heterocycles. The Morgan fingerprint density at radius 1 is 1.38 bits per heavy atom. The largest absolute Gasteiger partial charge is 0.403 e. The molecule has 0 heterocycles. The van der Waals surface area contributed by atoms with Crippen molar-refractivity contribution < 1.29 is 13.2 Å². The molecule has 16 heavy (non-hydrogen) atoms. The lowest BCUT2D eigenvalue weighted by atomic mass is 10.1. The summed E-state index contributed by atoms with van der Waals surface area (Å²) >= 11 is 9.09. The second-order valence-corrected chi connectivity index (χ2v) is 4.75. The van der Waals surface area contributed by atoms with Crippen LogP contribution in [0.2, 0.25) is 5.02 Å². The van der Waals surface area contributed by atoms with E-state index >= 15 is 0 Å². The van der Waals surface area contributed by atoms with E-state index in [1.54, 1.807) is 18.2 Å². The molecule has 90 valence electrons. The number of hydrogen-bond donors (Lipinski definition) is 1. The van der Waals surface area contributed by atoms with Crippen LogP contribution in [-0.2, 0) is 6.42 Å². The fourth-order valence-corrected chi connectivity index (χ4v) is 1.97. The van der Waals surface area contributed by atoms with Crippen molar-refractivity contribution in [2.75, 3.05) is 0 Å². The van der Waals surface area contributed by atoms with Crippen LogP contribution in [0, 0.1) is 0 Å². The number of halogens is 5. The van der Waals surface area contributed by atoms with Gasteiger partial charge in [-0.25, -0.2) is 0 Å². The maximum Gasteiger partial charge on any atom is 0.403 e. The lowest BCUT2D eigenvalue weighted by molar-refractivity contribution is -0.148. The van der Waals surface area contributed by atoms with Gasteiger partial charge in [-0.05, 0) is 30.5 Å². The topological polar surface area (TPSA) is 26.0 Å². The summed E-state index contributed by atoms with van der Waals surface area (Å²) in [6.07, 6.45) is -4.29. The molecule has 0 aromatic heterocycles. The summed E-state index contributed by atoms with van der Waals surface area (Å²) in [7, 11) is 0. The Bertz CT molecular complexity index is 368. The van der Waals surface area contributed by atoms with Crippen LogP contribution >= 0.6 is 27.5 Å². The Balaban J connectivity index is 2.62. The predicted octanol–water partition coefficient (Wildman–Crippen LogP) is 3.92. The molecular formula is C10H10BrClF3N. The lowest BCUT2D eigenvalue weighted by Crippen LogP contribution is -2.37. The van der Waals surface area contributed by atoms with E-state index in [4.69, 9.17) is 17.3 Å². The number of benzene rings is 1. The number of nitrogens with two attached hydrogens (primary N) is 1. The van der Waals surface area contributed by atoms with Crippen molar-refractivity contribution in [3.05, 3.63) is 33.3 Å². The minimum atomic E-state index is -4.35. The highest BCUT2D eigenvalue weighted by Gasteiger charge is 2.36. The van der Waals surface area contributed by atoms with Crippen molar-refractivity contribution in [3.8, 4) is 0 Å². The van der Waals surface area contributed by atoms with Gasteiger partial charge < -0.3 is 5.73 Å². The molecule has 6 heteroatoms. The summed E-state index contributed by atoms with van der Waals surface area (Å²) in [5.41, 5.74) is 5.67. The first kappa shape index (κ1) is 13.8. The van der Waals surface area contributed by atoms with Gasteiger partial charge in [-0.1, -0.05) is 33.6 Å². The minimum Gasteiger partial charge on any atom is -0.320 e. The summed E-state index contributed by atoms with van der Waals surface area (Å²) in [6.45, 7) is 0. The second-order valence-electron chi connectivity index (χ2n) is 3.42. The Hall–Kier alpha value is -0.260. The van der Waals surface area contributed by atoms with E-state index in [2.05, 4.69) is 15.9 Å². The van der Waals surface area contributed by atoms with Crippen molar-refractivity contribution in [2.24, 2.45) is 5.73 Å². The highest BCUT2D eigenvalue weighted by Crippen LogP contribution is 2.25. The van der Waals surface area contributed by atoms with Crippen LogP contribution in [0.25, 0.3) is 0 Å². The van der Waals surface area contributed by atoms with E-state index in [-0.39, 0.29) is 12.8 Å². The van der Waals surface area contributed by atoms with Crippen molar-refractivity contribution >= 4 is 27.5 Å². The van der Waals surface area contributed by atoms with Gasteiger partial charge in [0.25, 0.3) is 0 Å². The van der Waals surface area contributed by atoms with E-state index in [1.165, 1.54) is 0 Å². The molecule has 1 rings (SSSR count). The van der Waals surface area contributed by atoms with E-state index < -0.39 is 12.2 Å². The van der Waals surface area contributed by atoms with Gasteiger partial charge in [0.05, 0.1) is 0 Å². The lowest BCUT2D eigenvalue weighted by Gasteiger charge is -2.15. The van der Waals surface area contributed by atoms with E-state index in [1.807, 2.05) is 0 Å². The molecule has 0 aliphatic carbocycles. The number of alkyl halides is 3. The third-order valence-electron chi connectivity index (χ3n) is 2.16. The standard InChI is InChI=1S/C10H10BrClF3N/c11-7-3-1-6(8(12)5-7)2-4-9(16)10(13,14)15/h1,3,5,9H,2,4,16H2. The first-order valence-corrected chi connectivity index (χ1v) is 5.74. The molecule has 0 aliphatic rings. The van der Waals surface area contributed by atoms with Gasteiger partial charge in [-0.15, -0.1) is 0 Å². The highest BCUT2D eigenvalue weighted by atomic mass is 79.9. The molecule has 0 radical (unpaired) electrons. The van der Waals surface area contributed by atoms with Gasteiger partial charge in [-0.2, -0.15) is 13.2 Å². The molecule has 1 nitrogen and oxygen atoms in total. The Labute approximate surface area is 105 Å². The van der Waals surface area contributed by atoms with Crippen molar-refractivity contribution in [2.45, 2.75) is 25.1 Å². The normalized spacial score (nSPS) is 13.9. The Morgan fingerprint density at radius 3 is 2.50 bits per heavy atom. The number of aryl methyl sites for hydroxylation is 1. The second kappa shape index (κ2) is 5.38. The quantitative estimate of drug-likeness (QED) is 0.898. The zero-order valence-corrected chi connectivity index (χ0v) is 10.5. The SMILES string of the molecule is NC(CCc1ccc(Br)cc1Cl)C(F)(F)F. The molecule has 1 aromatic carbocycles. The van der Waals surface area contributed by atoms with E-state index in [0.717, 1.165) is 4.47 Å².